The molecule has 0 spiro atoms. The summed E-state index contributed by atoms with van der Waals surface area (Å²) >= 11 is 0. The van der Waals surface area contributed by atoms with E-state index in [1.165, 1.54) is 0 Å². The van der Waals surface area contributed by atoms with Crippen molar-refractivity contribution in [3.05, 3.63) is 0 Å². The van der Waals surface area contributed by atoms with Crippen LogP contribution in [0.5, 0.6) is 0 Å². The smallest absolute Gasteiger partial charge is 0.404 e. The lowest BCUT2D eigenvalue weighted by atomic mass is 9.86. The lowest BCUT2D eigenvalue weighted by Gasteiger charge is -2.31. The van der Waals surface area contributed by atoms with Crippen LogP contribution < -0.4 is 5.73 Å². The molecule has 0 bridgehead atoms. The molecule has 1 amide bonds. The van der Waals surface area contributed by atoms with Gasteiger partial charge in [-0.25, -0.2) is 4.79 Å². The Morgan fingerprint density at radius 3 is 2.00 bits per heavy atom. The van der Waals surface area contributed by atoms with Gasteiger partial charge in [0.15, 0.2) is 0 Å². The number of hydrogen-bond acceptors (Lipinski definition) is 3. The predicted molar refractivity (Wildman–Crippen MR) is 45.6 cm³/mol. The third-order valence-electron chi connectivity index (χ3n) is 1.53. The van der Waals surface area contributed by atoms with Crippen LogP contribution in [0.2, 0.25) is 0 Å². The molecule has 0 heterocycles. The van der Waals surface area contributed by atoms with Gasteiger partial charge in [-0.15, -0.1) is 0 Å². The molecule has 0 aliphatic carbocycles. The standard InChI is InChI=1S/C8H17NO3/c1-5(10)6(8(2,3)4)12-7(9)11/h5-6,10H,1-4H3,(H2,9,11)/t5?,6-/m0/s1. The first kappa shape index (κ1) is 11.2. The highest BCUT2D eigenvalue weighted by molar-refractivity contribution is 5.64. The summed E-state index contributed by atoms with van der Waals surface area (Å²) in [7, 11) is 0. The second kappa shape index (κ2) is 3.76. The number of amides is 1. The van der Waals surface area contributed by atoms with Crippen molar-refractivity contribution in [3.8, 4) is 0 Å². The van der Waals surface area contributed by atoms with Crippen molar-refractivity contribution in [1.29, 1.82) is 0 Å². The second-order valence-corrected chi connectivity index (χ2v) is 3.96. The molecule has 2 atom stereocenters. The van der Waals surface area contributed by atoms with Crippen molar-refractivity contribution in [2.24, 2.45) is 11.1 Å². The van der Waals surface area contributed by atoms with Gasteiger partial charge in [-0.2, -0.15) is 0 Å². The van der Waals surface area contributed by atoms with Gasteiger partial charge in [0.05, 0.1) is 6.10 Å². The van der Waals surface area contributed by atoms with E-state index in [0.717, 1.165) is 0 Å². The van der Waals surface area contributed by atoms with Gasteiger partial charge in [-0.3, -0.25) is 0 Å². The summed E-state index contributed by atoms with van der Waals surface area (Å²) in [5, 5.41) is 9.26. The monoisotopic (exact) mass is 175 g/mol. The summed E-state index contributed by atoms with van der Waals surface area (Å²) in [4.78, 5) is 10.4. The Kier molecular flexibility index (Phi) is 3.52. The van der Waals surface area contributed by atoms with Gasteiger partial charge >= 0.3 is 6.09 Å². The van der Waals surface area contributed by atoms with E-state index in [0.29, 0.717) is 0 Å². The van der Waals surface area contributed by atoms with E-state index < -0.39 is 18.3 Å². The van der Waals surface area contributed by atoms with E-state index in [1.54, 1.807) is 6.92 Å². The summed E-state index contributed by atoms with van der Waals surface area (Å²) in [5.74, 6) is 0. The van der Waals surface area contributed by atoms with E-state index >= 15 is 0 Å². The number of hydrogen-bond donors (Lipinski definition) is 2. The van der Waals surface area contributed by atoms with E-state index in [-0.39, 0.29) is 5.41 Å². The lowest BCUT2D eigenvalue weighted by Crippen LogP contribution is -2.41. The van der Waals surface area contributed by atoms with Gasteiger partial charge in [0.25, 0.3) is 0 Å². The van der Waals surface area contributed by atoms with E-state index in [1.807, 2.05) is 20.8 Å². The van der Waals surface area contributed by atoms with E-state index in [4.69, 9.17) is 10.5 Å². The maximum atomic E-state index is 10.4. The molecule has 0 aliphatic heterocycles. The number of nitrogens with two attached hydrogens (primary N) is 1. The second-order valence-electron chi connectivity index (χ2n) is 3.96. The maximum absolute atomic E-state index is 10.4. The fourth-order valence-electron chi connectivity index (χ4n) is 1.12. The fourth-order valence-corrected chi connectivity index (χ4v) is 1.12. The van der Waals surface area contributed by atoms with Gasteiger partial charge in [-0.1, -0.05) is 20.8 Å². The Morgan fingerprint density at radius 2 is 1.92 bits per heavy atom. The molecule has 1 unspecified atom stereocenters. The zero-order valence-corrected chi connectivity index (χ0v) is 8.00. The van der Waals surface area contributed by atoms with Crippen molar-refractivity contribution >= 4 is 6.09 Å². The van der Waals surface area contributed by atoms with Crippen LogP contribution in [0.25, 0.3) is 0 Å². The molecule has 0 saturated carbocycles. The highest BCUT2D eigenvalue weighted by atomic mass is 16.6. The molecule has 72 valence electrons. The lowest BCUT2D eigenvalue weighted by molar-refractivity contribution is -0.0427. The van der Waals surface area contributed by atoms with Crippen LogP contribution in [0.1, 0.15) is 27.7 Å². The number of carbonyl (C=O) groups is 1. The molecule has 0 aromatic carbocycles. The Bertz CT molecular complexity index is 160. The number of rotatable bonds is 2. The summed E-state index contributed by atoms with van der Waals surface area (Å²) in [6.45, 7) is 7.17. The quantitative estimate of drug-likeness (QED) is 0.654. The Hall–Kier alpha value is -0.770. The van der Waals surface area contributed by atoms with Crippen LogP contribution >= 0.6 is 0 Å². The molecule has 4 nitrogen and oxygen atoms in total. The number of aliphatic hydroxyl groups excluding tert-OH is 1. The molecular weight excluding hydrogens is 158 g/mol. The fraction of sp³-hybridized carbons (Fsp3) is 0.875. The van der Waals surface area contributed by atoms with Crippen LogP contribution in [0.4, 0.5) is 4.79 Å². The first-order chi connectivity index (χ1) is 5.25. The molecule has 12 heavy (non-hydrogen) atoms. The van der Waals surface area contributed by atoms with Gasteiger partial charge in [0.1, 0.15) is 6.10 Å². The molecule has 0 fully saturated rings. The Labute approximate surface area is 72.7 Å². The normalized spacial score (nSPS) is 16.8. The highest BCUT2D eigenvalue weighted by Gasteiger charge is 2.31. The average molecular weight is 175 g/mol. The van der Waals surface area contributed by atoms with Crippen LogP contribution in [0.15, 0.2) is 0 Å². The largest absolute Gasteiger partial charge is 0.443 e. The van der Waals surface area contributed by atoms with Crippen molar-refractivity contribution in [2.75, 3.05) is 0 Å². The summed E-state index contributed by atoms with van der Waals surface area (Å²) in [5.41, 5.74) is 4.55. The predicted octanol–water partition coefficient (Wildman–Crippen LogP) is 0.877. The third-order valence-corrected chi connectivity index (χ3v) is 1.53. The topological polar surface area (TPSA) is 72.6 Å². The van der Waals surface area contributed by atoms with Crippen LogP contribution in [-0.2, 0) is 4.74 Å². The molecule has 0 aromatic heterocycles. The Morgan fingerprint density at radius 1 is 1.50 bits per heavy atom. The SMILES string of the molecule is CC(O)[C@H](OC(N)=O)C(C)(C)C. The van der Waals surface area contributed by atoms with E-state index in [9.17, 15) is 9.90 Å². The first-order valence-corrected chi connectivity index (χ1v) is 3.89. The highest BCUT2D eigenvalue weighted by Crippen LogP contribution is 2.24. The first-order valence-electron chi connectivity index (χ1n) is 3.89. The van der Waals surface area contributed by atoms with Gasteiger partial charge in [-0.05, 0) is 6.92 Å². The summed E-state index contributed by atoms with van der Waals surface area (Å²) < 4.78 is 4.77. The number of primary amides is 1. The van der Waals surface area contributed by atoms with Crippen LogP contribution in [-0.4, -0.2) is 23.4 Å². The number of aliphatic hydroxyl groups is 1. The van der Waals surface area contributed by atoms with Crippen molar-refractivity contribution in [1.82, 2.24) is 0 Å². The molecule has 0 aliphatic rings. The minimum Gasteiger partial charge on any atom is -0.443 e. The van der Waals surface area contributed by atoms with E-state index in [2.05, 4.69) is 0 Å². The number of carbonyl (C=O) groups excluding carboxylic acids is 1. The molecule has 0 aromatic rings. The van der Waals surface area contributed by atoms with Crippen LogP contribution in [0.3, 0.4) is 0 Å². The van der Waals surface area contributed by atoms with Crippen molar-refractivity contribution in [2.45, 2.75) is 39.9 Å². The van der Waals surface area contributed by atoms with Gasteiger partial charge in [0, 0.05) is 5.41 Å². The molecular formula is C8H17NO3. The van der Waals surface area contributed by atoms with Gasteiger partial charge in [0.2, 0.25) is 0 Å². The average Bonchev–Trinajstić information content (AvgIpc) is 1.79. The molecule has 4 heteroatoms. The van der Waals surface area contributed by atoms with Crippen LogP contribution in [0, 0.1) is 5.41 Å². The zero-order chi connectivity index (χ0) is 9.94. The minimum absolute atomic E-state index is 0.302. The molecule has 0 rings (SSSR count). The maximum Gasteiger partial charge on any atom is 0.404 e. The molecule has 3 N–H and O–H groups in total. The molecule has 0 saturated heterocycles. The Balaban J connectivity index is 4.35. The summed E-state index contributed by atoms with van der Waals surface area (Å²) in [6, 6.07) is 0. The summed E-state index contributed by atoms with van der Waals surface area (Å²) in [6.07, 6.45) is -2.12. The van der Waals surface area contributed by atoms with Crippen molar-refractivity contribution in [3.63, 3.8) is 0 Å². The number of ether oxygens (including phenoxy) is 1. The molecule has 0 radical (unpaired) electrons. The van der Waals surface area contributed by atoms with Crippen molar-refractivity contribution < 1.29 is 14.6 Å². The minimum atomic E-state index is -0.851. The van der Waals surface area contributed by atoms with Gasteiger partial charge < -0.3 is 15.6 Å². The third kappa shape index (κ3) is 3.57. The zero-order valence-electron chi connectivity index (χ0n) is 8.00.